The van der Waals surface area contributed by atoms with E-state index in [1.54, 1.807) is 0 Å². The van der Waals surface area contributed by atoms with Gasteiger partial charge in [0.1, 0.15) is 5.75 Å². The van der Waals surface area contributed by atoms with E-state index < -0.39 is 0 Å². The van der Waals surface area contributed by atoms with Gasteiger partial charge >= 0.3 is 0 Å². The molecule has 1 aromatic rings. The van der Waals surface area contributed by atoms with Gasteiger partial charge in [-0.1, -0.05) is 6.07 Å². The fourth-order valence-electron chi connectivity index (χ4n) is 3.46. The normalized spacial score (nSPS) is 25.0. The average molecular weight is 288 g/mol. The lowest BCUT2D eigenvalue weighted by Gasteiger charge is -2.37. The molecule has 4 heteroatoms. The molecule has 0 aromatic heterocycles. The van der Waals surface area contributed by atoms with Gasteiger partial charge in [-0.05, 0) is 50.8 Å². The SMILES string of the molecule is CC(C)Oc1cccc(C(=O)N2CCCC3CNCC32)c1. The Hall–Kier alpha value is -1.55. The van der Waals surface area contributed by atoms with Crippen molar-refractivity contribution in [2.75, 3.05) is 19.6 Å². The number of piperidine rings is 1. The fraction of sp³-hybridized carbons (Fsp3) is 0.588. The van der Waals surface area contributed by atoms with Crippen LogP contribution in [0.15, 0.2) is 24.3 Å². The van der Waals surface area contributed by atoms with Crippen LogP contribution in [0.4, 0.5) is 0 Å². The zero-order valence-electron chi connectivity index (χ0n) is 12.8. The minimum Gasteiger partial charge on any atom is -0.491 e. The van der Waals surface area contributed by atoms with E-state index in [1.807, 2.05) is 38.1 Å². The zero-order chi connectivity index (χ0) is 14.8. The second kappa shape index (κ2) is 6.06. The van der Waals surface area contributed by atoms with Crippen molar-refractivity contribution in [3.8, 4) is 5.75 Å². The summed E-state index contributed by atoms with van der Waals surface area (Å²) in [4.78, 5) is 14.9. The molecule has 3 rings (SSSR count). The lowest BCUT2D eigenvalue weighted by atomic mass is 9.91. The number of nitrogens with one attached hydrogen (secondary N) is 1. The van der Waals surface area contributed by atoms with Crippen LogP contribution in [-0.2, 0) is 0 Å². The van der Waals surface area contributed by atoms with E-state index in [4.69, 9.17) is 4.74 Å². The van der Waals surface area contributed by atoms with E-state index >= 15 is 0 Å². The number of likely N-dealkylation sites (tertiary alicyclic amines) is 1. The maximum Gasteiger partial charge on any atom is 0.254 e. The molecule has 0 aliphatic carbocycles. The molecule has 4 nitrogen and oxygen atoms in total. The highest BCUT2D eigenvalue weighted by atomic mass is 16.5. The molecule has 2 aliphatic rings. The molecule has 1 amide bonds. The molecule has 2 aliphatic heterocycles. The highest BCUT2D eigenvalue weighted by Gasteiger charge is 2.37. The molecular formula is C17H24N2O2. The predicted molar refractivity (Wildman–Crippen MR) is 82.6 cm³/mol. The van der Waals surface area contributed by atoms with Gasteiger partial charge in [-0.25, -0.2) is 0 Å². The van der Waals surface area contributed by atoms with Gasteiger partial charge < -0.3 is 15.0 Å². The van der Waals surface area contributed by atoms with E-state index in [2.05, 4.69) is 10.2 Å². The molecule has 0 radical (unpaired) electrons. The van der Waals surface area contributed by atoms with Crippen molar-refractivity contribution < 1.29 is 9.53 Å². The Labute approximate surface area is 126 Å². The summed E-state index contributed by atoms with van der Waals surface area (Å²) in [5.74, 6) is 1.54. The Kier molecular flexibility index (Phi) is 4.15. The summed E-state index contributed by atoms with van der Waals surface area (Å²) in [6, 6.07) is 7.93. The summed E-state index contributed by atoms with van der Waals surface area (Å²) >= 11 is 0. The van der Waals surface area contributed by atoms with Gasteiger partial charge in [0, 0.05) is 31.2 Å². The van der Waals surface area contributed by atoms with E-state index in [1.165, 1.54) is 6.42 Å². The van der Waals surface area contributed by atoms with Gasteiger partial charge in [0.15, 0.2) is 0 Å². The van der Waals surface area contributed by atoms with Gasteiger partial charge in [-0.3, -0.25) is 4.79 Å². The third-order valence-electron chi connectivity index (χ3n) is 4.39. The van der Waals surface area contributed by atoms with Crippen LogP contribution in [0.3, 0.4) is 0 Å². The monoisotopic (exact) mass is 288 g/mol. The number of carbonyl (C=O) groups excluding carboxylic acids is 1. The highest BCUT2D eigenvalue weighted by Crippen LogP contribution is 2.28. The predicted octanol–water partition coefficient (Wildman–Crippen LogP) is 2.30. The van der Waals surface area contributed by atoms with E-state index in [0.717, 1.165) is 37.4 Å². The number of hydrogen-bond donors (Lipinski definition) is 1. The lowest BCUT2D eigenvalue weighted by Crippen LogP contribution is -2.48. The molecule has 0 saturated carbocycles. The Bertz CT molecular complexity index is 515. The Morgan fingerprint density at radius 1 is 1.38 bits per heavy atom. The second-order valence-electron chi connectivity index (χ2n) is 6.32. The fourth-order valence-corrected chi connectivity index (χ4v) is 3.46. The molecule has 2 fully saturated rings. The third-order valence-corrected chi connectivity index (χ3v) is 4.39. The van der Waals surface area contributed by atoms with Crippen LogP contribution in [-0.4, -0.2) is 42.6 Å². The largest absolute Gasteiger partial charge is 0.491 e. The smallest absolute Gasteiger partial charge is 0.254 e. The molecule has 2 saturated heterocycles. The molecule has 1 N–H and O–H groups in total. The van der Waals surface area contributed by atoms with Crippen molar-refractivity contribution in [2.24, 2.45) is 5.92 Å². The summed E-state index contributed by atoms with van der Waals surface area (Å²) in [6.45, 7) is 6.84. The number of benzene rings is 1. The molecule has 0 spiro atoms. The first-order chi connectivity index (χ1) is 10.1. The summed E-state index contributed by atoms with van der Waals surface area (Å²) in [5.41, 5.74) is 0.737. The molecule has 21 heavy (non-hydrogen) atoms. The maximum atomic E-state index is 12.8. The first-order valence-corrected chi connectivity index (χ1v) is 7.93. The average Bonchev–Trinajstić information content (AvgIpc) is 2.94. The molecule has 2 atom stereocenters. The highest BCUT2D eigenvalue weighted by molar-refractivity contribution is 5.95. The standard InChI is InChI=1S/C17H24N2O2/c1-12(2)21-15-7-3-5-13(9-15)17(20)19-8-4-6-14-10-18-11-16(14)19/h3,5,7,9,12,14,16,18H,4,6,8,10-11H2,1-2H3. The minimum absolute atomic E-state index is 0.119. The summed E-state index contributed by atoms with van der Waals surface area (Å²) < 4.78 is 5.70. The second-order valence-corrected chi connectivity index (χ2v) is 6.32. The van der Waals surface area contributed by atoms with Crippen LogP contribution >= 0.6 is 0 Å². The van der Waals surface area contributed by atoms with Crippen LogP contribution in [0.2, 0.25) is 0 Å². The molecule has 2 heterocycles. The van der Waals surface area contributed by atoms with E-state index in [0.29, 0.717) is 12.0 Å². The Balaban J connectivity index is 1.78. The summed E-state index contributed by atoms with van der Waals surface area (Å²) in [5, 5.41) is 3.42. The number of carbonyl (C=O) groups is 1. The van der Waals surface area contributed by atoms with Crippen molar-refractivity contribution >= 4 is 5.91 Å². The van der Waals surface area contributed by atoms with Gasteiger partial charge in [0.2, 0.25) is 0 Å². The van der Waals surface area contributed by atoms with Crippen molar-refractivity contribution in [2.45, 2.75) is 38.8 Å². The number of nitrogens with zero attached hydrogens (tertiary/aromatic N) is 1. The van der Waals surface area contributed by atoms with Crippen LogP contribution in [0.25, 0.3) is 0 Å². The maximum absolute atomic E-state index is 12.8. The zero-order valence-corrected chi connectivity index (χ0v) is 12.8. The van der Waals surface area contributed by atoms with Crippen molar-refractivity contribution in [1.29, 1.82) is 0 Å². The van der Waals surface area contributed by atoms with Gasteiger partial charge in [0.25, 0.3) is 5.91 Å². The van der Waals surface area contributed by atoms with Gasteiger partial charge in [0.05, 0.1) is 6.10 Å². The summed E-state index contributed by atoms with van der Waals surface area (Å²) in [6.07, 6.45) is 2.46. The summed E-state index contributed by atoms with van der Waals surface area (Å²) in [7, 11) is 0. The topological polar surface area (TPSA) is 41.6 Å². The van der Waals surface area contributed by atoms with Crippen molar-refractivity contribution in [3.63, 3.8) is 0 Å². The molecule has 114 valence electrons. The Morgan fingerprint density at radius 2 is 2.24 bits per heavy atom. The van der Waals surface area contributed by atoms with E-state index in [-0.39, 0.29) is 12.0 Å². The molecular weight excluding hydrogens is 264 g/mol. The van der Waals surface area contributed by atoms with Crippen LogP contribution in [0.1, 0.15) is 37.0 Å². The Morgan fingerprint density at radius 3 is 3.05 bits per heavy atom. The number of amides is 1. The molecule has 1 aromatic carbocycles. The van der Waals surface area contributed by atoms with Gasteiger partial charge in [-0.15, -0.1) is 0 Å². The van der Waals surface area contributed by atoms with Crippen LogP contribution < -0.4 is 10.1 Å². The van der Waals surface area contributed by atoms with Crippen LogP contribution in [0, 0.1) is 5.92 Å². The van der Waals surface area contributed by atoms with E-state index in [9.17, 15) is 4.79 Å². The van der Waals surface area contributed by atoms with Crippen LogP contribution in [0.5, 0.6) is 5.75 Å². The number of fused-ring (bicyclic) bond motifs is 1. The first kappa shape index (κ1) is 14.4. The number of ether oxygens (including phenoxy) is 1. The molecule has 2 unspecified atom stereocenters. The quantitative estimate of drug-likeness (QED) is 0.928. The molecule has 0 bridgehead atoms. The first-order valence-electron chi connectivity index (χ1n) is 7.93. The minimum atomic E-state index is 0.119. The number of rotatable bonds is 3. The van der Waals surface area contributed by atoms with Gasteiger partial charge in [-0.2, -0.15) is 0 Å². The third kappa shape index (κ3) is 3.05. The lowest BCUT2D eigenvalue weighted by molar-refractivity contribution is 0.0574. The number of hydrogen-bond acceptors (Lipinski definition) is 3. The van der Waals surface area contributed by atoms with Crippen molar-refractivity contribution in [1.82, 2.24) is 10.2 Å². The van der Waals surface area contributed by atoms with Crippen molar-refractivity contribution in [3.05, 3.63) is 29.8 Å².